The Balaban J connectivity index is 2.35. The molecule has 0 amide bonds. The Labute approximate surface area is 104 Å². The molecule has 0 saturated carbocycles. The first-order valence-corrected chi connectivity index (χ1v) is 6.84. The van der Waals surface area contributed by atoms with E-state index in [1.165, 1.54) is 21.4 Å². The molecule has 1 atom stereocenters. The number of hydrogen-bond donors (Lipinski definition) is 0. The summed E-state index contributed by atoms with van der Waals surface area (Å²) in [6, 6.07) is 13.1. The van der Waals surface area contributed by atoms with Gasteiger partial charge in [0.25, 0.3) is 0 Å². The van der Waals surface area contributed by atoms with Gasteiger partial charge in [0.1, 0.15) is 0 Å². The Morgan fingerprint density at radius 2 is 2.00 bits per heavy atom. The third-order valence-electron chi connectivity index (χ3n) is 2.67. The molecule has 2 aromatic rings. The van der Waals surface area contributed by atoms with Gasteiger partial charge in [0, 0.05) is 0 Å². The minimum atomic E-state index is 0.547. The van der Waals surface area contributed by atoms with Crippen LogP contribution in [0.15, 0.2) is 41.3 Å². The molecule has 1 unspecified atom stereocenters. The van der Waals surface area contributed by atoms with Crippen LogP contribution in [-0.4, -0.2) is 5.37 Å². The Kier molecular flexibility index (Phi) is 2.27. The van der Waals surface area contributed by atoms with Gasteiger partial charge in [0.2, 0.25) is 0 Å². The topological polar surface area (TPSA) is 3.24 Å². The fourth-order valence-corrected chi connectivity index (χ4v) is 4.11. The number of nitrogens with zero attached hydrogens (tertiary/aromatic N) is 1. The van der Waals surface area contributed by atoms with Gasteiger partial charge < -0.3 is 0 Å². The Morgan fingerprint density at radius 3 is 2.87 bits per heavy atom. The van der Waals surface area contributed by atoms with Crippen molar-refractivity contribution in [1.29, 1.82) is 0 Å². The number of benzene rings is 2. The second-order valence-corrected chi connectivity index (χ2v) is 6.15. The van der Waals surface area contributed by atoms with Crippen LogP contribution in [0.25, 0.3) is 10.8 Å². The summed E-state index contributed by atoms with van der Waals surface area (Å²) in [4.78, 5) is 1.41. The van der Waals surface area contributed by atoms with Gasteiger partial charge in [-0.2, -0.15) is 0 Å². The molecule has 0 fully saturated rings. The molecular formula is C12H10IrNS. The zero-order valence-electron chi connectivity index (χ0n) is 8.23. The summed E-state index contributed by atoms with van der Waals surface area (Å²) in [5.41, 5.74) is 1.39. The van der Waals surface area contributed by atoms with E-state index in [1.54, 1.807) is 0 Å². The zero-order chi connectivity index (χ0) is 10.4. The summed E-state index contributed by atoms with van der Waals surface area (Å²) in [5.74, 6) is 0. The molecule has 0 aliphatic carbocycles. The van der Waals surface area contributed by atoms with Crippen molar-refractivity contribution in [3.05, 3.63) is 36.4 Å². The maximum atomic E-state index is 2.36. The Bertz CT molecular complexity index is 526. The van der Waals surface area contributed by atoms with Gasteiger partial charge in [-0.25, -0.2) is 0 Å². The van der Waals surface area contributed by atoms with Crippen molar-refractivity contribution in [2.75, 3.05) is 3.57 Å². The first-order valence-electron chi connectivity index (χ1n) is 4.89. The molecule has 0 bridgehead atoms. The summed E-state index contributed by atoms with van der Waals surface area (Å²) in [6.45, 7) is 2.25. The zero-order valence-corrected chi connectivity index (χ0v) is 11.4. The number of rotatable bonds is 0. The van der Waals surface area contributed by atoms with Crippen molar-refractivity contribution in [2.24, 2.45) is 0 Å². The van der Waals surface area contributed by atoms with E-state index in [0.717, 1.165) is 0 Å². The molecule has 1 aliphatic heterocycles. The standard InChI is InChI=1S/C12H10NS.Ir/c1-8-13-12-10-5-3-2-4-9(10)6-7-11(12)14-8;/h2-8H,1H3;/q-1;+1. The van der Waals surface area contributed by atoms with Gasteiger partial charge >= 0.3 is 105 Å². The van der Waals surface area contributed by atoms with Crippen LogP contribution in [0.3, 0.4) is 0 Å². The van der Waals surface area contributed by atoms with E-state index < -0.39 is 0 Å². The van der Waals surface area contributed by atoms with E-state index in [0.29, 0.717) is 5.37 Å². The third kappa shape index (κ3) is 1.42. The van der Waals surface area contributed by atoms with E-state index in [4.69, 9.17) is 0 Å². The summed E-state index contributed by atoms with van der Waals surface area (Å²) < 4.78 is 2.36. The molecule has 0 aromatic heterocycles. The SMILES string of the molecule is CC1Sc2ccc3ccccc3c2[N]1[Ir]. The van der Waals surface area contributed by atoms with E-state index in [-0.39, 0.29) is 0 Å². The molecule has 0 spiro atoms. The summed E-state index contributed by atoms with van der Waals surface area (Å²) in [5, 5.41) is 3.25. The maximum absolute atomic E-state index is 2.36. The van der Waals surface area contributed by atoms with Crippen LogP contribution >= 0.6 is 11.8 Å². The molecule has 0 radical (unpaired) electrons. The number of thioether (sulfide) groups is 1. The molecule has 1 heterocycles. The molecule has 15 heavy (non-hydrogen) atoms. The predicted octanol–water partition coefficient (Wildman–Crippen LogP) is 3.56. The molecule has 0 N–H and O–H groups in total. The fraction of sp³-hybridized carbons (Fsp3) is 0.167. The van der Waals surface area contributed by atoms with Gasteiger partial charge in [-0.1, -0.05) is 0 Å². The molecular weight excluding hydrogens is 382 g/mol. The molecule has 3 heteroatoms. The van der Waals surface area contributed by atoms with Gasteiger partial charge in [0.05, 0.1) is 0 Å². The third-order valence-corrected chi connectivity index (χ3v) is 5.68. The first-order chi connectivity index (χ1) is 7.27. The Morgan fingerprint density at radius 1 is 1.20 bits per heavy atom. The van der Waals surface area contributed by atoms with Gasteiger partial charge in [-0.3, -0.25) is 0 Å². The predicted molar refractivity (Wildman–Crippen MR) is 61.7 cm³/mol. The van der Waals surface area contributed by atoms with E-state index in [2.05, 4.69) is 66.0 Å². The van der Waals surface area contributed by atoms with Crippen LogP contribution in [-0.2, 0) is 19.1 Å². The monoisotopic (exact) mass is 393 g/mol. The number of hydrogen-bond acceptors (Lipinski definition) is 2. The van der Waals surface area contributed by atoms with Gasteiger partial charge in [-0.05, 0) is 0 Å². The van der Waals surface area contributed by atoms with E-state index in [9.17, 15) is 0 Å². The summed E-state index contributed by atoms with van der Waals surface area (Å²) >= 11 is 4.12. The molecule has 1 nitrogen and oxygen atoms in total. The van der Waals surface area contributed by atoms with Crippen LogP contribution in [0.2, 0.25) is 0 Å². The Hall–Kier alpha value is -0.501. The van der Waals surface area contributed by atoms with Crippen LogP contribution in [0, 0.1) is 0 Å². The molecule has 3 rings (SSSR count). The van der Waals surface area contributed by atoms with Crippen molar-refractivity contribution >= 4 is 28.2 Å². The van der Waals surface area contributed by atoms with Gasteiger partial charge in [-0.15, -0.1) is 0 Å². The molecule has 0 saturated heterocycles. The van der Waals surface area contributed by atoms with Crippen LogP contribution in [0.4, 0.5) is 5.69 Å². The van der Waals surface area contributed by atoms with E-state index >= 15 is 0 Å². The van der Waals surface area contributed by atoms with Crippen molar-refractivity contribution in [3.8, 4) is 0 Å². The first kappa shape index (κ1) is 9.71. The fourth-order valence-electron chi connectivity index (χ4n) is 1.95. The minimum absolute atomic E-state index is 0.547. The normalized spacial score (nSPS) is 19.7. The van der Waals surface area contributed by atoms with Gasteiger partial charge in [0.15, 0.2) is 0 Å². The van der Waals surface area contributed by atoms with E-state index in [1.807, 2.05) is 11.8 Å². The summed E-state index contributed by atoms with van der Waals surface area (Å²) in [6.07, 6.45) is 0. The average Bonchev–Trinajstić information content (AvgIpc) is 2.55. The van der Waals surface area contributed by atoms with Crippen molar-refractivity contribution in [3.63, 3.8) is 0 Å². The van der Waals surface area contributed by atoms with Crippen LogP contribution in [0.1, 0.15) is 6.92 Å². The average molecular weight is 393 g/mol. The van der Waals surface area contributed by atoms with Crippen LogP contribution < -0.4 is 3.57 Å². The van der Waals surface area contributed by atoms with Crippen molar-refractivity contribution < 1.29 is 19.1 Å². The second-order valence-electron chi connectivity index (χ2n) is 3.64. The number of fused-ring (bicyclic) bond motifs is 3. The van der Waals surface area contributed by atoms with Crippen molar-refractivity contribution in [1.82, 2.24) is 0 Å². The molecule has 2 aromatic carbocycles. The summed E-state index contributed by atoms with van der Waals surface area (Å²) in [7, 11) is 0. The van der Waals surface area contributed by atoms with Crippen LogP contribution in [0.5, 0.6) is 0 Å². The van der Waals surface area contributed by atoms with Crippen molar-refractivity contribution in [2.45, 2.75) is 17.2 Å². The molecule has 1 aliphatic rings. The number of anilines is 1. The second kappa shape index (κ2) is 3.51. The molecule has 78 valence electrons. The quantitative estimate of drug-likeness (QED) is 0.675.